The molecule has 1 aliphatic carbocycles. The number of anilines is 1. The highest BCUT2D eigenvalue weighted by Gasteiger charge is 2.55. The monoisotopic (exact) mass is 188 g/mol. The number of hydrogen-bond donors (Lipinski definition) is 1. The number of nitrogens with two attached hydrogens (primary N) is 1. The van der Waals surface area contributed by atoms with Crippen LogP contribution in [0.25, 0.3) is 0 Å². The molecular formula is C12H16N2. The Bertz CT molecular complexity index is 374. The quantitative estimate of drug-likeness (QED) is 0.668. The second-order valence-electron chi connectivity index (χ2n) is 4.66. The van der Waals surface area contributed by atoms with Gasteiger partial charge in [0.05, 0.1) is 0 Å². The van der Waals surface area contributed by atoms with Crippen molar-refractivity contribution in [2.45, 2.75) is 24.3 Å². The average molecular weight is 188 g/mol. The van der Waals surface area contributed by atoms with Gasteiger partial charge in [-0.25, -0.2) is 0 Å². The molecular weight excluding hydrogens is 172 g/mol. The van der Waals surface area contributed by atoms with Gasteiger partial charge in [-0.1, -0.05) is 18.2 Å². The third-order valence-corrected chi connectivity index (χ3v) is 3.88. The zero-order chi connectivity index (χ0) is 9.76. The highest BCUT2D eigenvalue weighted by molar-refractivity contribution is 5.61. The molecule has 14 heavy (non-hydrogen) atoms. The molecule has 1 saturated carbocycles. The molecule has 2 nitrogen and oxygen atoms in total. The van der Waals surface area contributed by atoms with Gasteiger partial charge in [0.25, 0.3) is 0 Å². The summed E-state index contributed by atoms with van der Waals surface area (Å²) in [5.74, 6) is 0. The van der Waals surface area contributed by atoms with Crippen molar-refractivity contribution >= 4 is 5.69 Å². The molecule has 1 aromatic carbocycles. The minimum atomic E-state index is 0.336. The van der Waals surface area contributed by atoms with Crippen LogP contribution in [-0.2, 0) is 5.41 Å². The fraction of sp³-hybridized carbons (Fsp3) is 0.500. The molecule has 3 rings (SSSR count). The van der Waals surface area contributed by atoms with Gasteiger partial charge in [-0.15, -0.1) is 0 Å². The van der Waals surface area contributed by atoms with E-state index in [9.17, 15) is 0 Å². The third kappa shape index (κ3) is 0.894. The van der Waals surface area contributed by atoms with Crippen molar-refractivity contribution in [2.24, 2.45) is 5.73 Å². The van der Waals surface area contributed by atoms with Crippen LogP contribution in [-0.4, -0.2) is 19.6 Å². The van der Waals surface area contributed by atoms with E-state index in [0.717, 1.165) is 6.54 Å². The Labute approximate surface area is 84.7 Å². The molecule has 1 aromatic rings. The lowest BCUT2D eigenvalue weighted by atomic mass is 9.86. The average Bonchev–Trinajstić information content (AvgIpc) is 2.86. The van der Waals surface area contributed by atoms with Crippen LogP contribution in [0.2, 0.25) is 0 Å². The van der Waals surface area contributed by atoms with Gasteiger partial charge in [0.15, 0.2) is 0 Å². The van der Waals surface area contributed by atoms with Crippen molar-refractivity contribution in [1.29, 1.82) is 0 Å². The fourth-order valence-electron chi connectivity index (χ4n) is 2.78. The van der Waals surface area contributed by atoms with Gasteiger partial charge in [0.1, 0.15) is 0 Å². The van der Waals surface area contributed by atoms with Gasteiger partial charge in [-0.2, -0.15) is 0 Å². The Balaban J connectivity index is 2.14. The van der Waals surface area contributed by atoms with E-state index in [1.807, 2.05) is 0 Å². The molecule has 2 atom stereocenters. The van der Waals surface area contributed by atoms with Crippen LogP contribution in [0.4, 0.5) is 5.69 Å². The second-order valence-corrected chi connectivity index (χ2v) is 4.66. The zero-order valence-electron chi connectivity index (χ0n) is 8.53. The van der Waals surface area contributed by atoms with Gasteiger partial charge in [-0.3, -0.25) is 0 Å². The van der Waals surface area contributed by atoms with Crippen molar-refractivity contribution in [3.05, 3.63) is 29.8 Å². The first-order valence-corrected chi connectivity index (χ1v) is 5.30. The Morgan fingerprint density at radius 3 is 2.86 bits per heavy atom. The summed E-state index contributed by atoms with van der Waals surface area (Å²) in [6, 6.07) is 9.10. The summed E-state index contributed by atoms with van der Waals surface area (Å²) in [6.45, 7) is 1.14. The van der Waals surface area contributed by atoms with E-state index in [1.54, 1.807) is 0 Å². The molecule has 0 saturated heterocycles. The Hall–Kier alpha value is -1.02. The molecule has 2 N–H and O–H groups in total. The maximum Gasteiger partial charge on any atom is 0.0402 e. The van der Waals surface area contributed by atoms with E-state index in [-0.39, 0.29) is 0 Å². The van der Waals surface area contributed by atoms with Gasteiger partial charge < -0.3 is 10.6 Å². The normalized spacial score (nSPS) is 34.4. The molecule has 1 spiro atoms. The summed E-state index contributed by atoms with van der Waals surface area (Å²) in [4.78, 5) is 2.34. The summed E-state index contributed by atoms with van der Waals surface area (Å²) in [6.07, 6.45) is 2.40. The van der Waals surface area contributed by atoms with Crippen LogP contribution in [0.15, 0.2) is 24.3 Å². The van der Waals surface area contributed by atoms with Crippen molar-refractivity contribution in [3.8, 4) is 0 Å². The number of fused-ring (bicyclic) bond motifs is 2. The van der Waals surface area contributed by atoms with E-state index in [4.69, 9.17) is 5.73 Å². The molecule has 2 aliphatic rings. The molecule has 1 aliphatic heterocycles. The molecule has 2 heteroatoms. The topological polar surface area (TPSA) is 29.3 Å². The number of nitrogens with zero attached hydrogens (tertiary/aromatic N) is 1. The molecule has 74 valence electrons. The number of rotatable bonds is 0. The van der Waals surface area contributed by atoms with E-state index in [0.29, 0.717) is 11.5 Å². The summed E-state index contributed by atoms with van der Waals surface area (Å²) in [7, 11) is 2.17. The Morgan fingerprint density at radius 2 is 2.14 bits per heavy atom. The molecule has 0 radical (unpaired) electrons. The van der Waals surface area contributed by atoms with Gasteiger partial charge >= 0.3 is 0 Å². The summed E-state index contributed by atoms with van der Waals surface area (Å²) in [5, 5.41) is 0. The first-order chi connectivity index (χ1) is 6.74. The number of para-hydroxylation sites is 1. The largest absolute Gasteiger partial charge is 0.374 e. The molecule has 2 unspecified atom stereocenters. The van der Waals surface area contributed by atoms with Crippen LogP contribution in [0.3, 0.4) is 0 Å². The predicted molar refractivity (Wildman–Crippen MR) is 58.6 cm³/mol. The number of hydrogen-bond acceptors (Lipinski definition) is 2. The lowest BCUT2D eigenvalue weighted by Crippen LogP contribution is -2.33. The maximum absolute atomic E-state index is 6.07. The van der Waals surface area contributed by atoms with Gasteiger partial charge in [0.2, 0.25) is 0 Å². The van der Waals surface area contributed by atoms with E-state index < -0.39 is 0 Å². The Kier molecular flexibility index (Phi) is 1.49. The standard InChI is InChI=1S/C12H16N2/c1-14-7-6-12(8-11(12)13)9-4-2-3-5-10(9)14/h2-5,11H,6-8,13H2,1H3. The summed E-state index contributed by atoms with van der Waals surface area (Å²) >= 11 is 0. The van der Waals surface area contributed by atoms with Crippen molar-refractivity contribution < 1.29 is 0 Å². The smallest absolute Gasteiger partial charge is 0.0402 e. The van der Waals surface area contributed by atoms with Crippen molar-refractivity contribution in [3.63, 3.8) is 0 Å². The molecule has 1 fully saturated rings. The maximum atomic E-state index is 6.07. The van der Waals surface area contributed by atoms with E-state index in [1.165, 1.54) is 24.1 Å². The fourth-order valence-corrected chi connectivity index (χ4v) is 2.78. The van der Waals surface area contributed by atoms with Gasteiger partial charge in [0, 0.05) is 30.7 Å². The van der Waals surface area contributed by atoms with E-state index >= 15 is 0 Å². The molecule has 0 amide bonds. The SMILES string of the molecule is CN1CCC2(CC2N)c2ccccc21. The van der Waals surface area contributed by atoms with Crippen LogP contribution in [0.5, 0.6) is 0 Å². The van der Waals surface area contributed by atoms with Gasteiger partial charge in [-0.05, 0) is 24.5 Å². The van der Waals surface area contributed by atoms with E-state index in [2.05, 4.69) is 36.2 Å². The van der Waals surface area contributed by atoms with Crippen LogP contribution in [0, 0.1) is 0 Å². The minimum absolute atomic E-state index is 0.336. The highest BCUT2D eigenvalue weighted by Crippen LogP contribution is 2.54. The van der Waals surface area contributed by atoms with Crippen molar-refractivity contribution in [2.75, 3.05) is 18.5 Å². The first-order valence-electron chi connectivity index (χ1n) is 5.30. The molecule has 1 heterocycles. The van der Waals surface area contributed by atoms with Crippen LogP contribution < -0.4 is 10.6 Å². The van der Waals surface area contributed by atoms with Crippen LogP contribution >= 0.6 is 0 Å². The highest BCUT2D eigenvalue weighted by atomic mass is 15.1. The van der Waals surface area contributed by atoms with Crippen LogP contribution in [0.1, 0.15) is 18.4 Å². The predicted octanol–water partition coefficient (Wildman–Crippen LogP) is 1.50. The lowest BCUT2D eigenvalue weighted by molar-refractivity contribution is 0.565. The molecule has 0 aromatic heterocycles. The minimum Gasteiger partial charge on any atom is -0.374 e. The lowest BCUT2D eigenvalue weighted by Gasteiger charge is -2.33. The summed E-state index contributed by atoms with van der Waals surface area (Å²) < 4.78 is 0. The zero-order valence-corrected chi connectivity index (χ0v) is 8.53. The first kappa shape index (κ1) is 8.30. The Morgan fingerprint density at radius 1 is 1.43 bits per heavy atom. The summed E-state index contributed by atoms with van der Waals surface area (Å²) in [5.41, 5.74) is 9.26. The van der Waals surface area contributed by atoms with Crippen molar-refractivity contribution in [1.82, 2.24) is 0 Å². The third-order valence-electron chi connectivity index (χ3n) is 3.88. The number of benzene rings is 1. The second kappa shape index (κ2) is 2.51. The molecule has 0 bridgehead atoms.